The van der Waals surface area contributed by atoms with Crippen LogP contribution in [0.2, 0.25) is 0 Å². The minimum atomic E-state index is -0.271. The summed E-state index contributed by atoms with van der Waals surface area (Å²) in [6.07, 6.45) is 1.45. The number of halogens is 3. The molecule has 0 fully saturated rings. The highest BCUT2D eigenvalue weighted by Gasteiger charge is 2.06. The second kappa shape index (κ2) is 4.93. The van der Waals surface area contributed by atoms with Gasteiger partial charge in [0.05, 0.1) is 12.4 Å². The van der Waals surface area contributed by atoms with Crippen molar-refractivity contribution in [3.8, 4) is 0 Å². The van der Waals surface area contributed by atoms with Crippen LogP contribution < -0.4 is 0 Å². The quantitative estimate of drug-likeness (QED) is 0.816. The maximum Gasteiger partial charge on any atom is 0.142 e. The Labute approximate surface area is 105 Å². The lowest BCUT2D eigenvalue weighted by Gasteiger charge is -2.06. The van der Waals surface area contributed by atoms with E-state index < -0.39 is 0 Å². The third kappa shape index (κ3) is 2.41. The standard InChI is InChI=1S/C10H8BrClFN3/c11-9-3-8(13)2-1-7(9)5-16-10(4-12)14-6-15-16/h1-3,6H,4-5H2. The van der Waals surface area contributed by atoms with Crippen LogP contribution in [0.1, 0.15) is 11.4 Å². The molecule has 1 aromatic carbocycles. The fourth-order valence-electron chi connectivity index (χ4n) is 1.33. The molecule has 6 heteroatoms. The van der Waals surface area contributed by atoms with E-state index in [0.717, 1.165) is 5.56 Å². The van der Waals surface area contributed by atoms with Gasteiger partial charge in [0.2, 0.25) is 0 Å². The summed E-state index contributed by atoms with van der Waals surface area (Å²) in [6.45, 7) is 0.517. The van der Waals surface area contributed by atoms with Gasteiger partial charge < -0.3 is 0 Å². The molecule has 0 spiro atoms. The largest absolute Gasteiger partial charge is 0.244 e. The van der Waals surface area contributed by atoms with Gasteiger partial charge in [-0.25, -0.2) is 14.1 Å². The van der Waals surface area contributed by atoms with Gasteiger partial charge in [0, 0.05) is 4.47 Å². The summed E-state index contributed by atoms with van der Waals surface area (Å²) in [6, 6.07) is 4.54. The maximum absolute atomic E-state index is 12.9. The Bertz CT molecular complexity index is 501. The van der Waals surface area contributed by atoms with Crippen molar-refractivity contribution in [1.82, 2.24) is 14.8 Å². The van der Waals surface area contributed by atoms with Crippen molar-refractivity contribution in [3.63, 3.8) is 0 Å². The van der Waals surface area contributed by atoms with Gasteiger partial charge in [-0.2, -0.15) is 5.10 Å². The monoisotopic (exact) mass is 303 g/mol. The average Bonchev–Trinajstić information content (AvgIpc) is 2.69. The van der Waals surface area contributed by atoms with E-state index in [4.69, 9.17) is 11.6 Å². The number of nitrogens with zero attached hydrogens (tertiary/aromatic N) is 3. The Kier molecular flexibility index (Phi) is 3.56. The van der Waals surface area contributed by atoms with E-state index in [0.29, 0.717) is 22.7 Å². The van der Waals surface area contributed by atoms with Gasteiger partial charge >= 0.3 is 0 Å². The molecule has 0 atom stereocenters. The SMILES string of the molecule is Fc1ccc(Cn2ncnc2CCl)c(Br)c1. The topological polar surface area (TPSA) is 30.7 Å². The van der Waals surface area contributed by atoms with Crippen LogP contribution >= 0.6 is 27.5 Å². The van der Waals surface area contributed by atoms with Gasteiger partial charge in [-0.1, -0.05) is 22.0 Å². The molecule has 0 aliphatic rings. The van der Waals surface area contributed by atoms with Gasteiger partial charge in [-0.3, -0.25) is 0 Å². The molecule has 3 nitrogen and oxygen atoms in total. The van der Waals surface area contributed by atoms with E-state index in [2.05, 4.69) is 26.0 Å². The number of alkyl halides is 1. The fraction of sp³-hybridized carbons (Fsp3) is 0.200. The van der Waals surface area contributed by atoms with E-state index in [1.54, 1.807) is 10.7 Å². The summed E-state index contributed by atoms with van der Waals surface area (Å²) in [5.74, 6) is 0.725. The summed E-state index contributed by atoms with van der Waals surface area (Å²) in [7, 11) is 0. The minimum Gasteiger partial charge on any atom is -0.244 e. The molecule has 0 unspecified atom stereocenters. The Morgan fingerprint density at radius 1 is 1.44 bits per heavy atom. The molecule has 16 heavy (non-hydrogen) atoms. The molecule has 2 aromatic rings. The van der Waals surface area contributed by atoms with Crippen LogP contribution in [0.3, 0.4) is 0 Å². The van der Waals surface area contributed by atoms with E-state index in [9.17, 15) is 4.39 Å². The molecule has 0 aliphatic heterocycles. The van der Waals surface area contributed by atoms with Crippen LogP contribution in [-0.4, -0.2) is 14.8 Å². The second-order valence-corrected chi connectivity index (χ2v) is 4.32. The van der Waals surface area contributed by atoms with Crippen molar-refractivity contribution in [2.75, 3.05) is 0 Å². The first-order valence-electron chi connectivity index (χ1n) is 4.57. The summed E-state index contributed by atoms with van der Waals surface area (Å²) in [5, 5.41) is 4.05. The fourth-order valence-corrected chi connectivity index (χ4v) is 2.02. The van der Waals surface area contributed by atoms with Crippen LogP contribution in [0, 0.1) is 5.82 Å². The van der Waals surface area contributed by atoms with Crippen molar-refractivity contribution < 1.29 is 4.39 Å². The first-order chi connectivity index (χ1) is 7.70. The van der Waals surface area contributed by atoms with Gasteiger partial charge in [0.1, 0.15) is 18.0 Å². The number of rotatable bonds is 3. The number of aromatic nitrogens is 3. The van der Waals surface area contributed by atoms with Crippen molar-refractivity contribution in [3.05, 3.63) is 46.2 Å². The van der Waals surface area contributed by atoms with Gasteiger partial charge in [-0.05, 0) is 17.7 Å². The lowest BCUT2D eigenvalue weighted by molar-refractivity contribution is 0.620. The Balaban J connectivity index is 2.27. The van der Waals surface area contributed by atoms with Gasteiger partial charge in [0.15, 0.2) is 0 Å². The van der Waals surface area contributed by atoms with Crippen LogP contribution in [0.5, 0.6) is 0 Å². The first kappa shape index (κ1) is 11.5. The molecule has 0 radical (unpaired) electrons. The normalized spacial score (nSPS) is 10.7. The van der Waals surface area contributed by atoms with E-state index in [1.165, 1.54) is 18.5 Å². The molecule has 0 N–H and O–H groups in total. The van der Waals surface area contributed by atoms with E-state index in [1.807, 2.05) is 0 Å². The third-order valence-electron chi connectivity index (χ3n) is 2.15. The zero-order valence-electron chi connectivity index (χ0n) is 8.20. The Morgan fingerprint density at radius 3 is 2.94 bits per heavy atom. The molecular weight excluding hydrogens is 296 g/mol. The summed E-state index contributed by atoms with van der Waals surface area (Å²) < 4.78 is 15.3. The zero-order chi connectivity index (χ0) is 11.5. The summed E-state index contributed by atoms with van der Waals surface area (Å²) in [4.78, 5) is 4.01. The Hall–Kier alpha value is -0.940. The molecule has 0 amide bonds. The number of hydrogen-bond acceptors (Lipinski definition) is 2. The Morgan fingerprint density at radius 2 is 2.25 bits per heavy atom. The first-order valence-corrected chi connectivity index (χ1v) is 5.90. The molecule has 2 rings (SSSR count). The molecule has 1 aromatic heterocycles. The highest BCUT2D eigenvalue weighted by Crippen LogP contribution is 2.19. The van der Waals surface area contributed by atoms with Crippen molar-refractivity contribution in [1.29, 1.82) is 0 Å². The molecule has 84 valence electrons. The van der Waals surface area contributed by atoms with Crippen LogP contribution in [-0.2, 0) is 12.4 Å². The molecule has 0 saturated carbocycles. The second-order valence-electron chi connectivity index (χ2n) is 3.20. The molecule has 1 heterocycles. The predicted octanol–water partition coefficient (Wildman–Crippen LogP) is 2.97. The smallest absolute Gasteiger partial charge is 0.142 e. The third-order valence-corrected chi connectivity index (χ3v) is 3.13. The van der Waals surface area contributed by atoms with Crippen LogP contribution in [0.25, 0.3) is 0 Å². The van der Waals surface area contributed by atoms with Crippen molar-refractivity contribution in [2.24, 2.45) is 0 Å². The summed E-state index contributed by atoms with van der Waals surface area (Å²) >= 11 is 9.01. The van der Waals surface area contributed by atoms with Crippen molar-refractivity contribution >= 4 is 27.5 Å². The maximum atomic E-state index is 12.9. The number of hydrogen-bond donors (Lipinski definition) is 0. The molecular formula is C10H8BrClFN3. The van der Waals surface area contributed by atoms with Gasteiger partial charge in [0.25, 0.3) is 0 Å². The van der Waals surface area contributed by atoms with Crippen LogP contribution in [0.4, 0.5) is 4.39 Å². The van der Waals surface area contributed by atoms with Crippen LogP contribution in [0.15, 0.2) is 29.0 Å². The highest BCUT2D eigenvalue weighted by atomic mass is 79.9. The summed E-state index contributed by atoms with van der Waals surface area (Å²) in [5.41, 5.74) is 0.929. The highest BCUT2D eigenvalue weighted by molar-refractivity contribution is 9.10. The van der Waals surface area contributed by atoms with Crippen molar-refractivity contribution in [2.45, 2.75) is 12.4 Å². The minimum absolute atomic E-state index is 0.271. The molecule has 0 bridgehead atoms. The molecule has 0 saturated heterocycles. The zero-order valence-corrected chi connectivity index (χ0v) is 10.5. The lowest BCUT2D eigenvalue weighted by atomic mass is 10.2. The van der Waals surface area contributed by atoms with E-state index >= 15 is 0 Å². The van der Waals surface area contributed by atoms with Gasteiger partial charge in [-0.15, -0.1) is 11.6 Å². The lowest BCUT2D eigenvalue weighted by Crippen LogP contribution is -2.06. The predicted molar refractivity (Wildman–Crippen MR) is 62.8 cm³/mol. The van der Waals surface area contributed by atoms with E-state index in [-0.39, 0.29) is 5.82 Å². The average molecular weight is 305 g/mol. The number of benzene rings is 1. The molecule has 0 aliphatic carbocycles.